The second kappa shape index (κ2) is 8.62. The average molecular weight is 441 g/mol. The minimum Gasteiger partial charge on any atom is -0.508 e. The van der Waals surface area contributed by atoms with Crippen LogP contribution in [0, 0.1) is 22.7 Å². The third-order valence-corrected chi connectivity index (χ3v) is 10.9. The Labute approximate surface area is 194 Å². The van der Waals surface area contributed by atoms with Gasteiger partial charge in [-0.15, -0.1) is 0 Å². The monoisotopic (exact) mass is 440 g/mol. The Balaban J connectivity index is 1.34. The number of fused-ring (bicyclic) bond motifs is 3. The largest absolute Gasteiger partial charge is 0.508 e. The normalized spacial score (nSPS) is 39.5. The lowest BCUT2D eigenvalue weighted by molar-refractivity contribution is -0.121. The van der Waals surface area contributed by atoms with Crippen LogP contribution in [0.3, 0.4) is 0 Å². The van der Waals surface area contributed by atoms with Crippen molar-refractivity contribution in [1.29, 1.82) is 0 Å². The first-order valence-corrected chi connectivity index (χ1v) is 13.6. The summed E-state index contributed by atoms with van der Waals surface area (Å²) in [5, 5.41) is 30.7. The van der Waals surface area contributed by atoms with E-state index in [4.69, 9.17) is 5.11 Å². The van der Waals surface area contributed by atoms with Crippen molar-refractivity contribution in [1.82, 2.24) is 0 Å². The van der Waals surface area contributed by atoms with Gasteiger partial charge in [-0.3, -0.25) is 0 Å². The number of unbranched alkanes of at least 4 members (excludes halogenated alkanes) is 6. The van der Waals surface area contributed by atoms with E-state index in [1.54, 1.807) is 0 Å². The summed E-state index contributed by atoms with van der Waals surface area (Å²) in [6.07, 6.45) is 17.8. The van der Waals surface area contributed by atoms with Gasteiger partial charge in [-0.1, -0.05) is 51.5 Å². The number of rotatable bonds is 9. The molecular formula is C29H44O3. The SMILES string of the molecule is C[C@]12C[C@H](CCCCCCCCCO)[C@@H]3c4ccc(O)cc4CC[C@H]3C13CCC2(O)CC3. The molecule has 5 rings (SSSR count). The molecule has 4 aliphatic carbocycles. The molecule has 1 aromatic rings. The first-order chi connectivity index (χ1) is 15.4. The molecule has 0 saturated heterocycles. The van der Waals surface area contributed by atoms with Crippen LogP contribution in [0.1, 0.15) is 114 Å². The molecular weight excluding hydrogens is 396 g/mol. The molecule has 2 bridgehead atoms. The number of benzene rings is 1. The quantitative estimate of drug-likeness (QED) is 0.385. The minimum absolute atomic E-state index is 0.0878. The number of hydrogen-bond acceptors (Lipinski definition) is 3. The zero-order valence-electron chi connectivity index (χ0n) is 20.1. The van der Waals surface area contributed by atoms with Gasteiger partial charge < -0.3 is 15.3 Å². The predicted octanol–water partition coefficient (Wildman–Crippen LogP) is 6.48. The molecule has 3 heteroatoms. The summed E-state index contributed by atoms with van der Waals surface area (Å²) in [6, 6.07) is 6.18. The molecule has 0 radical (unpaired) electrons. The van der Waals surface area contributed by atoms with E-state index in [0.29, 0.717) is 35.5 Å². The first kappa shape index (κ1) is 22.7. The lowest BCUT2D eigenvalue weighted by atomic mass is 9.45. The van der Waals surface area contributed by atoms with Gasteiger partial charge in [0.1, 0.15) is 5.75 Å². The summed E-state index contributed by atoms with van der Waals surface area (Å²) < 4.78 is 0. The Morgan fingerprint density at radius 3 is 2.34 bits per heavy atom. The Hall–Kier alpha value is -1.06. The third kappa shape index (κ3) is 3.36. The molecule has 3 N–H and O–H groups in total. The molecule has 3 saturated carbocycles. The summed E-state index contributed by atoms with van der Waals surface area (Å²) in [5.74, 6) is 2.37. The van der Waals surface area contributed by atoms with Crippen LogP contribution < -0.4 is 0 Å². The molecule has 4 aliphatic rings. The average Bonchev–Trinajstić information content (AvgIpc) is 3.15. The van der Waals surface area contributed by atoms with E-state index >= 15 is 0 Å². The van der Waals surface area contributed by atoms with Crippen LogP contribution in [-0.4, -0.2) is 27.5 Å². The van der Waals surface area contributed by atoms with Crippen LogP contribution in [0.25, 0.3) is 0 Å². The van der Waals surface area contributed by atoms with Gasteiger partial charge in [-0.25, -0.2) is 0 Å². The molecule has 0 amide bonds. The lowest BCUT2D eigenvalue weighted by Gasteiger charge is -2.59. The molecule has 0 aliphatic heterocycles. The van der Waals surface area contributed by atoms with Gasteiger partial charge >= 0.3 is 0 Å². The van der Waals surface area contributed by atoms with Gasteiger partial charge in [0.05, 0.1) is 5.60 Å². The summed E-state index contributed by atoms with van der Waals surface area (Å²) >= 11 is 0. The van der Waals surface area contributed by atoms with Crippen molar-refractivity contribution < 1.29 is 15.3 Å². The van der Waals surface area contributed by atoms with Crippen molar-refractivity contribution in [2.45, 2.75) is 115 Å². The highest BCUT2D eigenvalue weighted by molar-refractivity contribution is 5.42. The molecule has 178 valence electrons. The molecule has 0 unspecified atom stereocenters. The summed E-state index contributed by atoms with van der Waals surface area (Å²) in [4.78, 5) is 0. The van der Waals surface area contributed by atoms with Gasteiger partial charge in [0.15, 0.2) is 0 Å². The fraction of sp³-hybridized carbons (Fsp3) is 0.793. The molecule has 1 aromatic carbocycles. The predicted molar refractivity (Wildman–Crippen MR) is 129 cm³/mol. The highest BCUT2D eigenvalue weighted by Gasteiger charge is 2.74. The number of aliphatic hydroxyl groups is 2. The standard InChI is InChI=1S/C29H44O3/c1-27-20-22(9-7-5-3-2-4-6-8-18-30)26-24-12-11-23(31)19-21(24)10-13-25(26)28(27)14-16-29(27,32)17-15-28/h11-12,19,22,25-26,30-32H,2-10,13-18,20H2,1H3/t22-,25+,26+,27-,28?,29?/m0/s1. The number of phenols is 1. The molecule has 0 spiro atoms. The maximum atomic E-state index is 11.7. The van der Waals surface area contributed by atoms with Crippen LogP contribution in [0.2, 0.25) is 0 Å². The van der Waals surface area contributed by atoms with Gasteiger partial charge in [-0.2, -0.15) is 0 Å². The van der Waals surface area contributed by atoms with E-state index in [1.807, 2.05) is 12.1 Å². The van der Waals surface area contributed by atoms with Crippen molar-refractivity contribution in [3.05, 3.63) is 29.3 Å². The van der Waals surface area contributed by atoms with Crippen molar-refractivity contribution >= 4 is 0 Å². The molecule has 32 heavy (non-hydrogen) atoms. The lowest BCUT2D eigenvalue weighted by Crippen LogP contribution is -2.54. The summed E-state index contributed by atoms with van der Waals surface area (Å²) in [7, 11) is 0. The Morgan fingerprint density at radius 2 is 1.62 bits per heavy atom. The Morgan fingerprint density at radius 1 is 0.938 bits per heavy atom. The molecule has 3 fully saturated rings. The van der Waals surface area contributed by atoms with Crippen LogP contribution in [0.4, 0.5) is 0 Å². The first-order valence-electron chi connectivity index (χ1n) is 13.6. The van der Waals surface area contributed by atoms with E-state index < -0.39 is 5.60 Å². The number of aromatic hydroxyl groups is 1. The second-order valence-electron chi connectivity index (χ2n) is 12.0. The highest BCUT2D eigenvalue weighted by atomic mass is 16.3. The maximum absolute atomic E-state index is 11.7. The summed E-state index contributed by atoms with van der Waals surface area (Å²) in [5.41, 5.74) is 2.88. The zero-order valence-corrected chi connectivity index (χ0v) is 20.1. The fourth-order valence-corrected chi connectivity index (χ4v) is 9.23. The van der Waals surface area contributed by atoms with Crippen molar-refractivity contribution in [3.8, 4) is 5.75 Å². The Kier molecular flexibility index (Phi) is 6.12. The van der Waals surface area contributed by atoms with E-state index in [9.17, 15) is 10.2 Å². The van der Waals surface area contributed by atoms with Gasteiger partial charge in [0.25, 0.3) is 0 Å². The fourth-order valence-electron chi connectivity index (χ4n) is 9.23. The molecule has 0 heterocycles. The van der Waals surface area contributed by atoms with Crippen molar-refractivity contribution in [2.75, 3.05) is 6.61 Å². The van der Waals surface area contributed by atoms with Crippen LogP contribution in [0.15, 0.2) is 18.2 Å². The topological polar surface area (TPSA) is 60.7 Å². The van der Waals surface area contributed by atoms with Crippen LogP contribution in [-0.2, 0) is 6.42 Å². The number of aryl methyl sites for hydroxylation is 1. The second-order valence-corrected chi connectivity index (χ2v) is 12.0. The number of hydrogen-bond donors (Lipinski definition) is 3. The van der Waals surface area contributed by atoms with E-state index in [0.717, 1.165) is 32.1 Å². The van der Waals surface area contributed by atoms with E-state index in [1.165, 1.54) is 75.3 Å². The maximum Gasteiger partial charge on any atom is 0.115 e. The van der Waals surface area contributed by atoms with Crippen LogP contribution in [0.5, 0.6) is 5.75 Å². The van der Waals surface area contributed by atoms with Crippen molar-refractivity contribution in [3.63, 3.8) is 0 Å². The van der Waals surface area contributed by atoms with Crippen molar-refractivity contribution in [2.24, 2.45) is 22.7 Å². The highest BCUT2D eigenvalue weighted by Crippen LogP contribution is 2.78. The molecule has 4 atom stereocenters. The van der Waals surface area contributed by atoms with Gasteiger partial charge in [0.2, 0.25) is 0 Å². The van der Waals surface area contributed by atoms with E-state index in [2.05, 4.69) is 13.0 Å². The Bertz CT molecular complexity index is 809. The summed E-state index contributed by atoms with van der Waals surface area (Å²) in [6.45, 7) is 2.79. The molecule has 0 aromatic heterocycles. The van der Waals surface area contributed by atoms with Crippen LogP contribution >= 0.6 is 0 Å². The van der Waals surface area contributed by atoms with Gasteiger partial charge in [0, 0.05) is 12.0 Å². The third-order valence-electron chi connectivity index (χ3n) is 10.9. The van der Waals surface area contributed by atoms with Gasteiger partial charge in [-0.05, 0) is 104 Å². The minimum atomic E-state index is -0.432. The smallest absolute Gasteiger partial charge is 0.115 e. The van der Waals surface area contributed by atoms with E-state index in [-0.39, 0.29) is 5.41 Å². The molecule has 3 nitrogen and oxygen atoms in total. The zero-order chi connectivity index (χ0) is 22.4. The number of aliphatic hydroxyl groups excluding tert-OH is 1. The number of phenolic OH excluding ortho intramolecular Hbond substituents is 1.